The first-order chi connectivity index (χ1) is 16.2. The van der Waals surface area contributed by atoms with Crippen molar-refractivity contribution in [2.45, 2.75) is 51.1 Å². The monoisotopic (exact) mass is 468 g/mol. The molecule has 1 fully saturated rings. The molecular formula is C23H29FN8O2. The minimum Gasteiger partial charge on any atom is -0.494 e. The van der Waals surface area contributed by atoms with E-state index in [0.29, 0.717) is 35.0 Å². The van der Waals surface area contributed by atoms with E-state index in [9.17, 15) is 9.50 Å². The largest absolute Gasteiger partial charge is 0.494 e. The van der Waals surface area contributed by atoms with E-state index in [1.54, 1.807) is 4.68 Å². The fourth-order valence-corrected chi connectivity index (χ4v) is 4.52. The first-order valence-electron chi connectivity index (χ1n) is 11.3. The van der Waals surface area contributed by atoms with Crippen LogP contribution in [0.1, 0.15) is 45.4 Å². The number of nitrogens with two attached hydrogens (primary N) is 1. The van der Waals surface area contributed by atoms with Crippen molar-refractivity contribution in [2.75, 3.05) is 30.9 Å². The second-order valence-electron chi connectivity index (χ2n) is 9.57. The third-order valence-electron chi connectivity index (χ3n) is 6.74. The van der Waals surface area contributed by atoms with Gasteiger partial charge in [-0.1, -0.05) is 0 Å². The predicted molar refractivity (Wildman–Crippen MR) is 127 cm³/mol. The van der Waals surface area contributed by atoms with Crippen LogP contribution < -0.4 is 15.4 Å². The number of ether oxygens (including phenoxy) is 1. The summed E-state index contributed by atoms with van der Waals surface area (Å²) in [5.41, 5.74) is 7.64. The lowest BCUT2D eigenvalue weighted by Gasteiger charge is -2.38. The Balaban J connectivity index is 1.50. The molecule has 4 heterocycles. The second-order valence-corrected chi connectivity index (χ2v) is 9.57. The minimum atomic E-state index is -0.492. The molecule has 0 radical (unpaired) electrons. The Morgan fingerprint density at radius 1 is 1.26 bits per heavy atom. The molecule has 1 aliphatic rings. The number of aliphatic hydroxyl groups is 1. The third-order valence-corrected chi connectivity index (χ3v) is 6.74. The molecule has 2 atom stereocenters. The van der Waals surface area contributed by atoms with E-state index in [1.807, 2.05) is 26.2 Å². The molecule has 4 aromatic rings. The lowest BCUT2D eigenvalue weighted by Crippen LogP contribution is -2.41. The van der Waals surface area contributed by atoms with Crippen molar-refractivity contribution in [3.8, 4) is 5.75 Å². The van der Waals surface area contributed by atoms with E-state index >= 15 is 0 Å². The number of methoxy groups -OCH3 is 1. The smallest absolute Gasteiger partial charge is 0.223 e. The normalized spacial score (nSPS) is 19.3. The summed E-state index contributed by atoms with van der Waals surface area (Å²) in [5.74, 6) is 0.502. The number of aliphatic hydroxyl groups excluding tert-OH is 1. The van der Waals surface area contributed by atoms with Crippen molar-refractivity contribution < 1.29 is 14.2 Å². The van der Waals surface area contributed by atoms with Crippen LogP contribution >= 0.6 is 0 Å². The maximum Gasteiger partial charge on any atom is 0.223 e. The molecule has 0 unspecified atom stereocenters. The summed E-state index contributed by atoms with van der Waals surface area (Å²) in [5, 5.41) is 19.3. The maximum absolute atomic E-state index is 14.4. The first kappa shape index (κ1) is 22.3. The summed E-state index contributed by atoms with van der Waals surface area (Å²) in [6.45, 7) is 6.76. The van der Waals surface area contributed by atoms with Gasteiger partial charge in [-0.15, -0.1) is 5.10 Å². The summed E-state index contributed by atoms with van der Waals surface area (Å²) in [6.07, 6.45) is 5.67. The molecule has 0 spiro atoms. The zero-order chi connectivity index (χ0) is 24.2. The number of hydrogen-bond donors (Lipinski definition) is 2. The first-order valence-corrected chi connectivity index (χ1v) is 11.3. The van der Waals surface area contributed by atoms with Crippen molar-refractivity contribution >= 4 is 28.2 Å². The van der Waals surface area contributed by atoms with E-state index in [0.717, 1.165) is 18.5 Å². The average molecular weight is 469 g/mol. The Morgan fingerprint density at radius 3 is 2.79 bits per heavy atom. The highest BCUT2D eigenvalue weighted by molar-refractivity contribution is 5.93. The summed E-state index contributed by atoms with van der Waals surface area (Å²) in [4.78, 5) is 11.4. The van der Waals surface area contributed by atoms with Crippen LogP contribution in [0.15, 0.2) is 24.5 Å². The third kappa shape index (κ3) is 3.60. The number of nitrogen functional groups attached to an aromatic ring is 1. The molecular weight excluding hydrogens is 439 g/mol. The fourth-order valence-electron chi connectivity index (χ4n) is 4.52. The quantitative estimate of drug-likeness (QED) is 0.459. The average Bonchev–Trinajstić information content (AvgIpc) is 3.48. The van der Waals surface area contributed by atoms with Crippen LogP contribution in [0.3, 0.4) is 0 Å². The van der Waals surface area contributed by atoms with Crippen LogP contribution in [0, 0.1) is 5.82 Å². The molecule has 1 aromatic carbocycles. The van der Waals surface area contributed by atoms with Crippen LogP contribution in [-0.4, -0.2) is 60.8 Å². The van der Waals surface area contributed by atoms with Gasteiger partial charge in [0.05, 0.1) is 36.7 Å². The zero-order valence-electron chi connectivity index (χ0n) is 19.7. The Bertz CT molecular complexity index is 1360. The van der Waals surface area contributed by atoms with E-state index < -0.39 is 11.4 Å². The number of hydrogen-bond acceptors (Lipinski definition) is 8. The molecule has 1 aliphatic heterocycles. The molecule has 0 bridgehead atoms. The molecule has 10 nitrogen and oxygen atoms in total. The number of fused-ring (bicyclic) bond motifs is 3. The summed E-state index contributed by atoms with van der Waals surface area (Å²) in [7, 11) is 1.41. The van der Waals surface area contributed by atoms with Gasteiger partial charge in [0.25, 0.3) is 0 Å². The van der Waals surface area contributed by atoms with E-state index in [4.69, 9.17) is 15.5 Å². The van der Waals surface area contributed by atoms with Crippen molar-refractivity contribution in [3.05, 3.63) is 36.2 Å². The van der Waals surface area contributed by atoms with Crippen molar-refractivity contribution in [1.82, 2.24) is 29.4 Å². The second kappa shape index (κ2) is 8.08. The van der Waals surface area contributed by atoms with E-state index in [-0.39, 0.29) is 24.2 Å². The van der Waals surface area contributed by atoms with Gasteiger partial charge in [0.2, 0.25) is 5.95 Å². The minimum absolute atomic E-state index is 0.00660. The van der Waals surface area contributed by atoms with Gasteiger partial charge in [-0.05, 0) is 39.7 Å². The molecule has 0 saturated carbocycles. The van der Waals surface area contributed by atoms with E-state index in [2.05, 4.69) is 27.0 Å². The number of benzene rings is 1. The predicted octanol–water partition coefficient (Wildman–Crippen LogP) is 2.70. The van der Waals surface area contributed by atoms with Crippen LogP contribution in [0.2, 0.25) is 0 Å². The molecule has 34 heavy (non-hydrogen) atoms. The highest BCUT2D eigenvalue weighted by Gasteiger charge is 2.31. The molecule has 1 saturated heterocycles. The summed E-state index contributed by atoms with van der Waals surface area (Å²) >= 11 is 0. The molecule has 0 aliphatic carbocycles. The van der Waals surface area contributed by atoms with Crippen LogP contribution in [0.4, 0.5) is 16.0 Å². The lowest BCUT2D eigenvalue weighted by molar-refractivity contribution is 0.152. The Morgan fingerprint density at radius 2 is 2.06 bits per heavy atom. The number of anilines is 2. The molecule has 3 N–H and O–H groups in total. The van der Waals surface area contributed by atoms with Gasteiger partial charge in [0.15, 0.2) is 23.0 Å². The van der Waals surface area contributed by atoms with Gasteiger partial charge in [0.1, 0.15) is 0 Å². The molecule has 0 amide bonds. The summed E-state index contributed by atoms with van der Waals surface area (Å²) in [6, 6.07) is 3.20. The highest BCUT2D eigenvalue weighted by Crippen LogP contribution is 2.34. The van der Waals surface area contributed by atoms with Gasteiger partial charge >= 0.3 is 0 Å². The Hall–Kier alpha value is -3.47. The van der Waals surface area contributed by atoms with Gasteiger partial charge in [-0.3, -0.25) is 4.68 Å². The molecule has 11 heteroatoms. The number of rotatable bonds is 5. The van der Waals surface area contributed by atoms with Crippen LogP contribution in [0.5, 0.6) is 5.75 Å². The van der Waals surface area contributed by atoms with E-state index in [1.165, 1.54) is 23.8 Å². The Kier molecular flexibility index (Phi) is 5.31. The number of aromatic nitrogens is 6. The van der Waals surface area contributed by atoms with Gasteiger partial charge in [-0.2, -0.15) is 9.61 Å². The maximum atomic E-state index is 14.4. The van der Waals surface area contributed by atoms with Crippen molar-refractivity contribution in [3.63, 3.8) is 0 Å². The SMILES string of the molecule is COc1cc2nc(N)n3nc([C@@H]4CC[C@H](C)N(c5cnn(C(C)(C)CO)c5)C4)nc3c2cc1F. The van der Waals surface area contributed by atoms with Gasteiger partial charge in [-0.25, -0.2) is 14.4 Å². The van der Waals surface area contributed by atoms with Crippen molar-refractivity contribution in [1.29, 1.82) is 0 Å². The van der Waals surface area contributed by atoms with Crippen molar-refractivity contribution in [2.24, 2.45) is 0 Å². The van der Waals surface area contributed by atoms with Gasteiger partial charge in [0, 0.05) is 36.2 Å². The summed E-state index contributed by atoms with van der Waals surface area (Å²) < 4.78 is 22.8. The Labute approximate surface area is 196 Å². The molecule has 180 valence electrons. The fraction of sp³-hybridized carbons (Fsp3) is 0.478. The zero-order valence-corrected chi connectivity index (χ0v) is 19.7. The lowest BCUT2D eigenvalue weighted by atomic mass is 9.92. The number of halogens is 1. The van der Waals surface area contributed by atoms with Crippen LogP contribution in [-0.2, 0) is 5.54 Å². The van der Waals surface area contributed by atoms with Crippen LogP contribution in [0.25, 0.3) is 16.6 Å². The molecule has 3 aromatic heterocycles. The number of piperidine rings is 1. The topological polar surface area (TPSA) is 120 Å². The van der Waals surface area contributed by atoms with Gasteiger partial charge < -0.3 is 20.5 Å². The highest BCUT2D eigenvalue weighted by atomic mass is 19.1. The number of nitrogens with zero attached hydrogens (tertiary/aromatic N) is 7. The standard InChI is InChI=1S/C23H29FN8O2/c1-13-5-6-14(10-30(13)15-9-26-31(11-15)23(2,3)12-33)20-28-21-16-7-17(24)19(34-4)8-18(16)27-22(25)32(21)29-20/h7-9,11,13-14,33H,5-6,10,12H2,1-4H3,(H2,25,27)/t13-,14+/m0/s1. The molecule has 5 rings (SSSR count).